The Hall–Kier alpha value is -1.10. The molecule has 80 valence electrons. The maximum absolute atomic E-state index is 11.4. The van der Waals surface area contributed by atoms with E-state index in [-0.39, 0.29) is 18.4 Å². The number of aliphatic hydroxyl groups excluding tert-OH is 1. The van der Waals surface area contributed by atoms with Crippen molar-refractivity contribution in [1.82, 2.24) is 4.90 Å². The normalized spacial score (nSPS) is 18.0. The Morgan fingerprint density at radius 1 is 1.43 bits per heavy atom. The molecule has 1 N–H and O–H groups in total. The van der Waals surface area contributed by atoms with E-state index in [1.165, 1.54) is 7.11 Å². The minimum atomic E-state index is -0.513. The van der Waals surface area contributed by atoms with Gasteiger partial charge in [0, 0.05) is 13.1 Å². The molecule has 0 atom stereocenters. The van der Waals surface area contributed by atoms with Crippen molar-refractivity contribution in [3.05, 3.63) is 0 Å². The summed E-state index contributed by atoms with van der Waals surface area (Å²) in [5, 5.41) is 9.21. The van der Waals surface area contributed by atoms with Gasteiger partial charge in [0.2, 0.25) is 5.91 Å². The first-order chi connectivity index (χ1) is 6.63. The van der Waals surface area contributed by atoms with E-state index in [4.69, 9.17) is 0 Å². The quantitative estimate of drug-likeness (QED) is 0.484. The number of esters is 1. The Morgan fingerprint density at radius 2 is 2.00 bits per heavy atom. The Balaban J connectivity index is 2.34. The lowest BCUT2D eigenvalue weighted by Gasteiger charge is -2.29. The summed E-state index contributed by atoms with van der Waals surface area (Å²) in [5.74, 6) is -0.732. The largest absolute Gasteiger partial charge is 0.469 e. The number of methoxy groups -OCH3 is 1. The SMILES string of the molecule is COC(=O)CC(=O)N1CCC(O)CC1. The second kappa shape index (κ2) is 4.95. The summed E-state index contributed by atoms with van der Waals surface area (Å²) < 4.78 is 4.40. The third-order valence-corrected chi connectivity index (χ3v) is 2.34. The molecule has 0 bridgehead atoms. The highest BCUT2D eigenvalue weighted by molar-refractivity contribution is 5.94. The van der Waals surface area contributed by atoms with Gasteiger partial charge in [-0.25, -0.2) is 0 Å². The fraction of sp³-hybridized carbons (Fsp3) is 0.778. The third-order valence-electron chi connectivity index (χ3n) is 2.34. The van der Waals surface area contributed by atoms with Crippen molar-refractivity contribution in [2.45, 2.75) is 25.4 Å². The van der Waals surface area contributed by atoms with Crippen molar-refractivity contribution in [3.8, 4) is 0 Å². The molecule has 0 unspecified atom stereocenters. The van der Waals surface area contributed by atoms with Crippen LogP contribution in [0.5, 0.6) is 0 Å². The van der Waals surface area contributed by atoms with Gasteiger partial charge in [-0.2, -0.15) is 0 Å². The molecule has 1 amide bonds. The van der Waals surface area contributed by atoms with Crippen LogP contribution in [0, 0.1) is 0 Å². The lowest BCUT2D eigenvalue weighted by Crippen LogP contribution is -2.40. The van der Waals surface area contributed by atoms with Crippen molar-refractivity contribution in [2.24, 2.45) is 0 Å². The van der Waals surface area contributed by atoms with Crippen LogP contribution in [0.25, 0.3) is 0 Å². The smallest absolute Gasteiger partial charge is 0.315 e. The first-order valence-electron chi connectivity index (χ1n) is 4.66. The topological polar surface area (TPSA) is 66.8 Å². The number of carbonyl (C=O) groups excluding carboxylic acids is 2. The number of hydrogen-bond donors (Lipinski definition) is 1. The van der Waals surface area contributed by atoms with Gasteiger partial charge in [0.15, 0.2) is 0 Å². The lowest BCUT2D eigenvalue weighted by atomic mass is 10.1. The molecule has 0 aliphatic carbocycles. The van der Waals surface area contributed by atoms with Gasteiger partial charge in [0.05, 0.1) is 13.2 Å². The number of piperidine rings is 1. The molecule has 0 saturated carbocycles. The molecule has 0 radical (unpaired) electrons. The van der Waals surface area contributed by atoms with Crippen LogP contribution in [0.15, 0.2) is 0 Å². The van der Waals surface area contributed by atoms with Gasteiger partial charge < -0.3 is 14.7 Å². The van der Waals surface area contributed by atoms with E-state index < -0.39 is 5.97 Å². The molecule has 0 aromatic heterocycles. The van der Waals surface area contributed by atoms with Gasteiger partial charge in [0.1, 0.15) is 6.42 Å². The van der Waals surface area contributed by atoms with Crippen LogP contribution >= 0.6 is 0 Å². The maximum Gasteiger partial charge on any atom is 0.315 e. The molecule has 1 heterocycles. The van der Waals surface area contributed by atoms with E-state index in [0.717, 1.165) is 0 Å². The van der Waals surface area contributed by atoms with E-state index in [9.17, 15) is 14.7 Å². The highest BCUT2D eigenvalue weighted by Gasteiger charge is 2.22. The van der Waals surface area contributed by atoms with E-state index in [1.54, 1.807) is 4.90 Å². The molecule has 0 aromatic rings. The van der Waals surface area contributed by atoms with Crippen molar-refractivity contribution >= 4 is 11.9 Å². The molecule has 14 heavy (non-hydrogen) atoms. The van der Waals surface area contributed by atoms with Gasteiger partial charge in [-0.05, 0) is 12.8 Å². The van der Waals surface area contributed by atoms with Crippen molar-refractivity contribution < 1.29 is 19.4 Å². The van der Waals surface area contributed by atoms with Crippen molar-refractivity contribution in [1.29, 1.82) is 0 Å². The Kier molecular flexibility index (Phi) is 3.88. The summed E-state index contributed by atoms with van der Waals surface area (Å²) in [6, 6.07) is 0. The number of carbonyl (C=O) groups is 2. The van der Waals surface area contributed by atoms with E-state index >= 15 is 0 Å². The second-order valence-electron chi connectivity index (χ2n) is 3.36. The number of hydrogen-bond acceptors (Lipinski definition) is 4. The monoisotopic (exact) mass is 201 g/mol. The predicted octanol–water partition coefficient (Wildman–Crippen LogP) is -0.467. The number of likely N-dealkylation sites (tertiary alicyclic amines) is 1. The summed E-state index contributed by atoms with van der Waals surface area (Å²) in [7, 11) is 1.26. The summed E-state index contributed by atoms with van der Waals surface area (Å²) in [5.41, 5.74) is 0. The molecule has 1 rings (SSSR count). The Labute approximate surface area is 82.6 Å². The molecule has 0 aromatic carbocycles. The van der Waals surface area contributed by atoms with Crippen LogP contribution in [0.3, 0.4) is 0 Å². The molecule has 0 spiro atoms. The molecule has 5 nitrogen and oxygen atoms in total. The number of amides is 1. The fourth-order valence-corrected chi connectivity index (χ4v) is 1.42. The minimum Gasteiger partial charge on any atom is -0.469 e. The molecular formula is C9H15NO4. The second-order valence-corrected chi connectivity index (χ2v) is 3.36. The Bertz CT molecular complexity index is 221. The van der Waals surface area contributed by atoms with Crippen molar-refractivity contribution in [3.63, 3.8) is 0 Å². The minimum absolute atomic E-state index is 0.202. The third kappa shape index (κ3) is 2.99. The van der Waals surface area contributed by atoms with Crippen LogP contribution in [-0.4, -0.2) is 48.2 Å². The van der Waals surface area contributed by atoms with E-state index in [0.29, 0.717) is 25.9 Å². The van der Waals surface area contributed by atoms with Gasteiger partial charge in [-0.1, -0.05) is 0 Å². The van der Waals surface area contributed by atoms with Gasteiger partial charge in [-0.3, -0.25) is 9.59 Å². The van der Waals surface area contributed by atoms with Crippen LogP contribution < -0.4 is 0 Å². The molecule has 1 aliphatic heterocycles. The maximum atomic E-state index is 11.4. The zero-order chi connectivity index (χ0) is 10.6. The van der Waals surface area contributed by atoms with E-state index in [2.05, 4.69) is 4.74 Å². The van der Waals surface area contributed by atoms with Crippen LogP contribution in [0.4, 0.5) is 0 Å². The highest BCUT2D eigenvalue weighted by atomic mass is 16.5. The molecule has 1 fully saturated rings. The molecular weight excluding hydrogens is 186 g/mol. The molecule has 1 saturated heterocycles. The molecule has 5 heteroatoms. The van der Waals surface area contributed by atoms with Gasteiger partial charge in [-0.15, -0.1) is 0 Å². The van der Waals surface area contributed by atoms with Crippen molar-refractivity contribution in [2.75, 3.05) is 20.2 Å². The standard InChI is InChI=1S/C9H15NO4/c1-14-9(13)6-8(12)10-4-2-7(11)3-5-10/h7,11H,2-6H2,1H3. The number of aliphatic hydroxyl groups is 1. The van der Waals surface area contributed by atoms with Gasteiger partial charge >= 0.3 is 5.97 Å². The van der Waals surface area contributed by atoms with Gasteiger partial charge in [0.25, 0.3) is 0 Å². The number of ether oxygens (including phenoxy) is 1. The summed E-state index contributed by atoms with van der Waals surface area (Å²) in [6.07, 6.45) is 0.670. The molecule has 1 aliphatic rings. The lowest BCUT2D eigenvalue weighted by molar-refractivity contribution is -0.147. The van der Waals surface area contributed by atoms with Crippen LogP contribution in [-0.2, 0) is 14.3 Å². The zero-order valence-electron chi connectivity index (χ0n) is 8.23. The average molecular weight is 201 g/mol. The van der Waals surface area contributed by atoms with E-state index in [1.807, 2.05) is 0 Å². The zero-order valence-corrected chi connectivity index (χ0v) is 8.23. The first-order valence-corrected chi connectivity index (χ1v) is 4.66. The number of nitrogens with zero attached hydrogens (tertiary/aromatic N) is 1. The number of rotatable bonds is 2. The van der Waals surface area contributed by atoms with Crippen LogP contribution in [0.1, 0.15) is 19.3 Å². The van der Waals surface area contributed by atoms with Crippen LogP contribution in [0.2, 0.25) is 0 Å². The Morgan fingerprint density at radius 3 is 2.50 bits per heavy atom. The average Bonchev–Trinajstić information content (AvgIpc) is 2.18. The summed E-state index contributed by atoms with van der Waals surface area (Å²) in [6.45, 7) is 1.05. The highest BCUT2D eigenvalue weighted by Crippen LogP contribution is 2.10. The first kappa shape index (κ1) is 11.0. The summed E-state index contributed by atoms with van der Waals surface area (Å²) >= 11 is 0. The fourth-order valence-electron chi connectivity index (χ4n) is 1.42. The summed E-state index contributed by atoms with van der Waals surface area (Å²) in [4.78, 5) is 23.8. The predicted molar refractivity (Wildman–Crippen MR) is 48.5 cm³/mol.